The summed E-state index contributed by atoms with van der Waals surface area (Å²) >= 11 is 6.12. The highest BCUT2D eigenvalue weighted by molar-refractivity contribution is 6.46. The summed E-state index contributed by atoms with van der Waals surface area (Å²) in [5.41, 5.74) is 1.54. The minimum absolute atomic E-state index is 0.0137. The van der Waals surface area contributed by atoms with Gasteiger partial charge in [0.15, 0.2) is 0 Å². The van der Waals surface area contributed by atoms with Gasteiger partial charge in [0.05, 0.1) is 36.1 Å². The zero-order valence-electron chi connectivity index (χ0n) is 18.0. The Hall–Kier alpha value is -3.71. The molecule has 7 nitrogen and oxygen atoms in total. The number of rotatable bonds is 6. The fraction of sp³-hybridized carbons (Fsp3) is 0.200. The van der Waals surface area contributed by atoms with Gasteiger partial charge in [-0.1, -0.05) is 17.7 Å². The number of phenols is 1. The molecule has 2 heterocycles. The molecule has 1 unspecified atom stereocenters. The molecule has 2 N–H and O–H groups in total. The summed E-state index contributed by atoms with van der Waals surface area (Å²) in [5.74, 6) is -0.899. The van der Waals surface area contributed by atoms with Gasteiger partial charge < -0.3 is 24.3 Å². The third-order valence-corrected chi connectivity index (χ3v) is 5.78. The fourth-order valence-corrected chi connectivity index (χ4v) is 4.11. The smallest absolute Gasteiger partial charge is 0.296 e. The van der Waals surface area contributed by atoms with Gasteiger partial charge in [0.2, 0.25) is 0 Å². The first kappa shape index (κ1) is 22.5. The molecule has 0 radical (unpaired) electrons. The van der Waals surface area contributed by atoms with Crippen LogP contribution in [-0.4, -0.2) is 33.4 Å². The van der Waals surface area contributed by atoms with Crippen molar-refractivity contribution in [3.05, 3.63) is 87.8 Å². The van der Waals surface area contributed by atoms with Crippen LogP contribution in [0.15, 0.2) is 64.8 Å². The second-order valence-corrected chi connectivity index (χ2v) is 8.04. The van der Waals surface area contributed by atoms with Crippen LogP contribution in [0.4, 0.5) is 0 Å². The lowest BCUT2D eigenvalue weighted by Crippen LogP contribution is -2.29. The molecule has 170 valence electrons. The SMILES string of the molecule is CCOc1ccc(/C(O)=C2/C(=O)C(=O)N(Cc3ccco3)C2c2ccc(O)c(Cl)c2)cc1C. The highest BCUT2D eigenvalue weighted by Crippen LogP contribution is 2.42. The molecular weight excluding hydrogens is 446 g/mol. The van der Waals surface area contributed by atoms with E-state index in [9.17, 15) is 19.8 Å². The maximum Gasteiger partial charge on any atom is 0.296 e. The summed E-state index contributed by atoms with van der Waals surface area (Å²) in [7, 11) is 0. The van der Waals surface area contributed by atoms with Crippen LogP contribution in [0.25, 0.3) is 5.76 Å². The molecule has 0 spiro atoms. The minimum atomic E-state index is -0.930. The van der Waals surface area contributed by atoms with Crippen LogP contribution in [0.5, 0.6) is 11.5 Å². The van der Waals surface area contributed by atoms with Gasteiger partial charge >= 0.3 is 0 Å². The zero-order chi connectivity index (χ0) is 23.7. The molecular formula is C25H22ClNO6. The van der Waals surface area contributed by atoms with Gasteiger partial charge in [-0.15, -0.1) is 0 Å². The van der Waals surface area contributed by atoms with E-state index >= 15 is 0 Å². The Morgan fingerprint density at radius 2 is 1.97 bits per heavy atom. The van der Waals surface area contributed by atoms with Gasteiger partial charge in [0.25, 0.3) is 11.7 Å². The van der Waals surface area contributed by atoms with Crippen LogP contribution in [0.2, 0.25) is 5.02 Å². The van der Waals surface area contributed by atoms with E-state index in [1.54, 1.807) is 36.4 Å². The first-order chi connectivity index (χ1) is 15.8. The first-order valence-electron chi connectivity index (χ1n) is 10.3. The number of Topliss-reactive ketones (excluding diaryl/α,β-unsaturated/α-hetero) is 1. The highest BCUT2D eigenvalue weighted by atomic mass is 35.5. The number of phenolic OH excluding ortho intramolecular Hbond substituents is 1. The largest absolute Gasteiger partial charge is 0.507 e. The number of furan rings is 1. The van der Waals surface area contributed by atoms with Crippen LogP contribution in [0.1, 0.15) is 35.4 Å². The maximum absolute atomic E-state index is 13.1. The van der Waals surface area contributed by atoms with E-state index in [-0.39, 0.29) is 28.6 Å². The Morgan fingerprint density at radius 3 is 2.61 bits per heavy atom. The van der Waals surface area contributed by atoms with E-state index in [1.807, 2.05) is 13.8 Å². The maximum atomic E-state index is 13.1. The molecule has 1 saturated heterocycles. The molecule has 1 aromatic heterocycles. The molecule has 0 bridgehead atoms. The number of aliphatic hydroxyl groups excluding tert-OH is 1. The van der Waals surface area contributed by atoms with Crippen molar-refractivity contribution in [2.45, 2.75) is 26.4 Å². The molecule has 1 aliphatic rings. The fourth-order valence-electron chi connectivity index (χ4n) is 3.92. The number of benzene rings is 2. The van der Waals surface area contributed by atoms with E-state index in [0.29, 0.717) is 29.2 Å². The minimum Gasteiger partial charge on any atom is -0.507 e. The molecule has 1 amide bonds. The molecule has 1 fully saturated rings. The van der Waals surface area contributed by atoms with E-state index in [2.05, 4.69) is 0 Å². The molecule has 33 heavy (non-hydrogen) atoms. The van der Waals surface area contributed by atoms with Crippen molar-refractivity contribution in [1.82, 2.24) is 4.90 Å². The van der Waals surface area contributed by atoms with Gasteiger partial charge in [-0.05, 0) is 67.4 Å². The van der Waals surface area contributed by atoms with Gasteiger partial charge in [0, 0.05) is 5.56 Å². The molecule has 1 atom stereocenters. The summed E-state index contributed by atoms with van der Waals surface area (Å²) < 4.78 is 10.9. The van der Waals surface area contributed by atoms with Crippen molar-refractivity contribution in [3.8, 4) is 11.5 Å². The highest BCUT2D eigenvalue weighted by Gasteiger charge is 2.46. The number of hydrogen-bond donors (Lipinski definition) is 2. The monoisotopic (exact) mass is 467 g/mol. The van der Waals surface area contributed by atoms with Crippen LogP contribution in [-0.2, 0) is 16.1 Å². The quantitative estimate of drug-likeness (QED) is 0.301. The van der Waals surface area contributed by atoms with Crippen molar-refractivity contribution in [1.29, 1.82) is 0 Å². The summed E-state index contributed by atoms with van der Waals surface area (Å²) in [6.07, 6.45) is 1.47. The number of ether oxygens (including phenoxy) is 1. The second-order valence-electron chi connectivity index (χ2n) is 7.63. The van der Waals surface area contributed by atoms with Crippen LogP contribution in [0.3, 0.4) is 0 Å². The van der Waals surface area contributed by atoms with E-state index < -0.39 is 17.7 Å². The third kappa shape index (κ3) is 4.19. The van der Waals surface area contributed by atoms with Gasteiger partial charge in [-0.2, -0.15) is 0 Å². The topological polar surface area (TPSA) is 100 Å². The average Bonchev–Trinajstić information content (AvgIpc) is 3.39. The number of aryl methyl sites for hydroxylation is 1. The van der Waals surface area contributed by atoms with Crippen molar-refractivity contribution >= 4 is 29.1 Å². The molecule has 8 heteroatoms. The van der Waals surface area contributed by atoms with Crippen molar-refractivity contribution in [3.63, 3.8) is 0 Å². The van der Waals surface area contributed by atoms with Crippen LogP contribution >= 0.6 is 11.6 Å². The number of amides is 1. The number of ketones is 1. The number of aromatic hydroxyl groups is 1. The lowest BCUT2D eigenvalue weighted by molar-refractivity contribution is -0.140. The number of likely N-dealkylation sites (tertiary alicyclic amines) is 1. The molecule has 4 rings (SSSR count). The number of carbonyl (C=O) groups excluding carboxylic acids is 2. The summed E-state index contributed by atoms with van der Waals surface area (Å²) in [5, 5.41) is 21.1. The molecule has 0 aliphatic carbocycles. The molecule has 2 aromatic carbocycles. The number of carbonyl (C=O) groups is 2. The van der Waals surface area contributed by atoms with E-state index in [1.165, 1.54) is 23.3 Å². The summed E-state index contributed by atoms with van der Waals surface area (Å²) in [6, 6.07) is 11.9. The Kier molecular flexibility index (Phi) is 6.16. The van der Waals surface area contributed by atoms with Crippen molar-refractivity contribution in [2.75, 3.05) is 6.61 Å². The Bertz CT molecular complexity index is 1250. The third-order valence-electron chi connectivity index (χ3n) is 5.48. The Balaban J connectivity index is 1.86. The number of aliphatic hydroxyl groups is 1. The number of nitrogens with zero attached hydrogens (tertiary/aromatic N) is 1. The number of halogens is 1. The molecule has 1 aliphatic heterocycles. The molecule has 0 saturated carbocycles. The second kappa shape index (κ2) is 9.03. The van der Waals surface area contributed by atoms with E-state index in [0.717, 1.165) is 5.56 Å². The summed E-state index contributed by atoms with van der Waals surface area (Å²) in [4.78, 5) is 27.4. The predicted molar refractivity (Wildman–Crippen MR) is 122 cm³/mol. The van der Waals surface area contributed by atoms with Crippen LogP contribution in [0, 0.1) is 6.92 Å². The Labute approximate surface area is 195 Å². The summed E-state index contributed by atoms with van der Waals surface area (Å²) in [6.45, 7) is 4.20. The van der Waals surface area contributed by atoms with Gasteiger partial charge in [0.1, 0.15) is 23.0 Å². The first-order valence-corrected chi connectivity index (χ1v) is 10.7. The average molecular weight is 468 g/mol. The Morgan fingerprint density at radius 1 is 1.18 bits per heavy atom. The predicted octanol–water partition coefficient (Wildman–Crippen LogP) is 4.97. The van der Waals surface area contributed by atoms with Crippen LogP contribution < -0.4 is 4.74 Å². The molecule has 3 aromatic rings. The zero-order valence-corrected chi connectivity index (χ0v) is 18.8. The van der Waals surface area contributed by atoms with Crippen molar-refractivity contribution in [2.24, 2.45) is 0 Å². The van der Waals surface area contributed by atoms with Gasteiger partial charge in [-0.3, -0.25) is 9.59 Å². The number of hydrogen-bond acceptors (Lipinski definition) is 6. The van der Waals surface area contributed by atoms with Gasteiger partial charge in [-0.25, -0.2) is 0 Å². The van der Waals surface area contributed by atoms with E-state index in [4.69, 9.17) is 20.8 Å². The lowest BCUT2D eigenvalue weighted by Gasteiger charge is -2.24. The van der Waals surface area contributed by atoms with Crippen molar-refractivity contribution < 1.29 is 29.0 Å². The normalized spacial score (nSPS) is 17.5. The standard InChI is InChI=1S/C25H22ClNO6/c1-3-32-20-9-7-16(11-14(20)2)23(29)21-22(15-6-8-19(28)18(26)12-15)27(25(31)24(21)30)13-17-5-4-10-33-17/h4-12,22,28-29H,3,13H2,1-2H3/b23-21-. The lowest BCUT2D eigenvalue weighted by atomic mass is 9.94.